The topological polar surface area (TPSA) is 46.6 Å². The lowest BCUT2D eigenvalue weighted by molar-refractivity contribution is -0.274. The third-order valence-corrected chi connectivity index (χ3v) is 8.36. The SMILES string of the molecule is O=S(=O)(CCBr)N(Cc1ccc(OC(F)(F)F)cc1)C1Cc2ccccc2S1. The summed E-state index contributed by atoms with van der Waals surface area (Å²) < 4.78 is 67.9. The van der Waals surface area contributed by atoms with Crippen LogP contribution in [0.5, 0.6) is 5.75 Å². The van der Waals surface area contributed by atoms with Gasteiger partial charge in [-0.1, -0.05) is 46.3 Å². The molecule has 1 heterocycles. The van der Waals surface area contributed by atoms with E-state index in [0.29, 0.717) is 17.3 Å². The number of benzene rings is 2. The molecule has 1 unspecified atom stereocenters. The van der Waals surface area contributed by atoms with Gasteiger partial charge in [0.1, 0.15) is 5.75 Å². The number of nitrogens with zero attached hydrogens (tertiary/aromatic N) is 1. The monoisotopic (exact) mass is 495 g/mol. The molecule has 152 valence electrons. The van der Waals surface area contributed by atoms with E-state index in [2.05, 4.69) is 20.7 Å². The van der Waals surface area contributed by atoms with Crippen LogP contribution in [0, 0.1) is 0 Å². The van der Waals surface area contributed by atoms with Gasteiger partial charge in [0.2, 0.25) is 10.0 Å². The van der Waals surface area contributed by atoms with Gasteiger partial charge in [-0.05, 0) is 35.7 Å². The fraction of sp³-hybridized carbons (Fsp3) is 0.333. The van der Waals surface area contributed by atoms with Crippen LogP contribution in [0.2, 0.25) is 0 Å². The number of thioether (sulfide) groups is 1. The molecular formula is C18H17BrF3NO3S2. The molecule has 0 saturated heterocycles. The van der Waals surface area contributed by atoms with Crippen molar-refractivity contribution in [3.8, 4) is 5.75 Å². The Bertz CT molecular complexity index is 895. The molecule has 2 aromatic rings. The van der Waals surface area contributed by atoms with E-state index in [-0.39, 0.29) is 23.4 Å². The first-order valence-corrected chi connectivity index (χ1v) is 11.9. The molecule has 1 aliphatic heterocycles. The van der Waals surface area contributed by atoms with Crippen molar-refractivity contribution in [1.29, 1.82) is 0 Å². The van der Waals surface area contributed by atoms with Gasteiger partial charge in [0.05, 0.1) is 11.1 Å². The van der Waals surface area contributed by atoms with E-state index < -0.39 is 16.4 Å². The second kappa shape index (κ2) is 8.64. The number of hydrogen-bond donors (Lipinski definition) is 0. The molecular weight excluding hydrogens is 479 g/mol. The lowest BCUT2D eigenvalue weighted by Crippen LogP contribution is -2.39. The number of rotatable bonds is 7. The van der Waals surface area contributed by atoms with Crippen molar-refractivity contribution in [2.75, 3.05) is 11.1 Å². The Kier molecular flexibility index (Phi) is 6.63. The van der Waals surface area contributed by atoms with E-state index in [4.69, 9.17) is 0 Å². The molecule has 0 amide bonds. The van der Waals surface area contributed by atoms with Gasteiger partial charge in [0.25, 0.3) is 0 Å². The Balaban J connectivity index is 1.81. The van der Waals surface area contributed by atoms with E-state index in [1.54, 1.807) is 0 Å². The second-order valence-corrected chi connectivity index (χ2v) is 10.2. The van der Waals surface area contributed by atoms with Gasteiger partial charge >= 0.3 is 6.36 Å². The molecule has 10 heteroatoms. The number of hydrogen-bond acceptors (Lipinski definition) is 4. The summed E-state index contributed by atoms with van der Waals surface area (Å²) in [4.78, 5) is 1.04. The van der Waals surface area contributed by atoms with Gasteiger partial charge < -0.3 is 4.74 Å². The van der Waals surface area contributed by atoms with Gasteiger partial charge in [0, 0.05) is 16.8 Å². The van der Waals surface area contributed by atoms with Crippen molar-refractivity contribution in [2.24, 2.45) is 0 Å². The van der Waals surface area contributed by atoms with Crippen LogP contribution in [0.15, 0.2) is 53.4 Å². The Morgan fingerprint density at radius 3 is 2.43 bits per heavy atom. The number of fused-ring (bicyclic) bond motifs is 1. The van der Waals surface area contributed by atoms with Crippen LogP contribution in [0.4, 0.5) is 13.2 Å². The molecule has 1 aliphatic rings. The number of halogens is 4. The van der Waals surface area contributed by atoms with Crippen LogP contribution in [-0.2, 0) is 23.0 Å². The van der Waals surface area contributed by atoms with Crippen LogP contribution in [0.1, 0.15) is 11.1 Å². The Labute approximate surface area is 174 Å². The smallest absolute Gasteiger partial charge is 0.406 e. The third kappa shape index (κ3) is 5.43. The molecule has 28 heavy (non-hydrogen) atoms. The maximum absolute atomic E-state index is 12.8. The zero-order valence-electron chi connectivity index (χ0n) is 14.5. The van der Waals surface area contributed by atoms with Crippen LogP contribution >= 0.6 is 27.7 Å². The molecule has 0 spiro atoms. The van der Waals surface area contributed by atoms with Crippen molar-refractivity contribution in [1.82, 2.24) is 4.31 Å². The summed E-state index contributed by atoms with van der Waals surface area (Å²) in [6.07, 6.45) is -4.18. The zero-order valence-corrected chi connectivity index (χ0v) is 17.7. The normalized spacial score (nSPS) is 17.0. The largest absolute Gasteiger partial charge is 0.573 e. The minimum atomic E-state index is -4.76. The molecule has 4 nitrogen and oxygen atoms in total. The fourth-order valence-electron chi connectivity index (χ4n) is 2.89. The maximum Gasteiger partial charge on any atom is 0.573 e. The van der Waals surface area contributed by atoms with Crippen LogP contribution in [0.25, 0.3) is 0 Å². The first kappa shape index (κ1) is 21.5. The molecule has 0 radical (unpaired) electrons. The van der Waals surface area contributed by atoms with Crippen molar-refractivity contribution in [3.05, 3.63) is 59.7 Å². The molecule has 0 bridgehead atoms. The average molecular weight is 496 g/mol. The van der Waals surface area contributed by atoms with E-state index >= 15 is 0 Å². The predicted octanol–water partition coefficient (Wildman–Crippen LogP) is 4.79. The summed E-state index contributed by atoms with van der Waals surface area (Å²) in [5.74, 6) is -0.399. The highest BCUT2D eigenvalue weighted by Crippen LogP contribution is 2.40. The van der Waals surface area contributed by atoms with Crippen LogP contribution in [-0.4, -0.2) is 35.5 Å². The summed E-state index contributed by atoms with van der Waals surface area (Å²) >= 11 is 4.66. The van der Waals surface area contributed by atoms with E-state index in [1.807, 2.05) is 24.3 Å². The van der Waals surface area contributed by atoms with Crippen LogP contribution < -0.4 is 4.74 Å². The third-order valence-electron chi connectivity index (χ3n) is 4.14. The number of ether oxygens (including phenoxy) is 1. The predicted molar refractivity (Wildman–Crippen MR) is 106 cm³/mol. The Morgan fingerprint density at radius 1 is 1.14 bits per heavy atom. The molecule has 2 aromatic carbocycles. The van der Waals surface area contributed by atoms with Gasteiger partial charge in [-0.15, -0.1) is 24.9 Å². The first-order chi connectivity index (χ1) is 13.2. The molecule has 0 aliphatic carbocycles. The van der Waals surface area contributed by atoms with Gasteiger partial charge in [-0.3, -0.25) is 0 Å². The highest BCUT2D eigenvalue weighted by atomic mass is 79.9. The number of alkyl halides is 4. The summed E-state index contributed by atoms with van der Waals surface area (Å²) in [5, 5.41) is 0.00156. The molecule has 0 saturated carbocycles. The van der Waals surface area contributed by atoms with Crippen molar-refractivity contribution in [2.45, 2.75) is 29.6 Å². The highest BCUT2D eigenvalue weighted by molar-refractivity contribution is 9.09. The lowest BCUT2D eigenvalue weighted by atomic mass is 10.1. The summed E-state index contributed by atoms with van der Waals surface area (Å²) in [6.45, 7) is 0.0767. The summed E-state index contributed by atoms with van der Waals surface area (Å²) in [5.41, 5.74) is 1.68. The van der Waals surface area contributed by atoms with Crippen molar-refractivity contribution < 1.29 is 26.3 Å². The molecule has 0 fully saturated rings. The highest BCUT2D eigenvalue weighted by Gasteiger charge is 2.35. The second-order valence-electron chi connectivity index (χ2n) is 6.13. The number of sulfonamides is 1. The van der Waals surface area contributed by atoms with Crippen molar-refractivity contribution in [3.63, 3.8) is 0 Å². The average Bonchev–Trinajstić information content (AvgIpc) is 3.03. The minimum absolute atomic E-state index is 0.0598. The van der Waals surface area contributed by atoms with E-state index in [0.717, 1.165) is 10.5 Å². The maximum atomic E-state index is 12.8. The van der Waals surface area contributed by atoms with Gasteiger partial charge in [-0.2, -0.15) is 4.31 Å². The molecule has 3 rings (SSSR count). The summed E-state index contributed by atoms with van der Waals surface area (Å²) in [7, 11) is -3.56. The lowest BCUT2D eigenvalue weighted by Gasteiger charge is -2.27. The Hall–Kier alpha value is -1.23. The minimum Gasteiger partial charge on any atom is -0.406 e. The van der Waals surface area contributed by atoms with Gasteiger partial charge in [0.15, 0.2) is 0 Å². The fourth-order valence-corrected chi connectivity index (χ4v) is 7.06. The Morgan fingerprint density at radius 2 is 1.82 bits per heavy atom. The van der Waals surface area contributed by atoms with E-state index in [1.165, 1.54) is 40.3 Å². The van der Waals surface area contributed by atoms with Crippen LogP contribution in [0.3, 0.4) is 0 Å². The summed E-state index contributed by atoms with van der Waals surface area (Å²) in [6, 6.07) is 13.0. The standard InChI is InChI=1S/C18H17BrF3NO3S2/c19-9-10-28(24,25)23(17-11-14-3-1-2-4-16(14)27-17)12-13-5-7-15(8-6-13)26-18(20,21)22/h1-8,17H,9-12H2. The van der Waals surface area contributed by atoms with Gasteiger partial charge in [-0.25, -0.2) is 8.42 Å². The molecule has 1 atom stereocenters. The first-order valence-electron chi connectivity index (χ1n) is 8.33. The molecule has 0 N–H and O–H groups in total. The zero-order chi connectivity index (χ0) is 20.4. The van der Waals surface area contributed by atoms with Crippen molar-refractivity contribution >= 4 is 37.7 Å². The molecule has 0 aromatic heterocycles. The quantitative estimate of drug-likeness (QED) is 0.518. The van der Waals surface area contributed by atoms with E-state index in [9.17, 15) is 21.6 Å².